The van der Waals surface area contributed by atoms with Gasteiger partial charge in [0.2, 0.25) is 0 Å². The van der Waals surface area contributed by atoms with Crippen LogP contribution in [0.3, 0.4) is 0 Å². The van der Waals surface area contributed by atoms with Crippen molar-refractivity contribution in [2.75, 3.05) is 0 Å². The molecule has 0 atom stereocenters. The number of rotatable bonds is 3. The molecule has 0 radical (unpaired) electrons. The molecule has 2 fully saturated rings. The Kier molecular flexibility index (Phi) is 3.41. The maximum atomic E-state index is 12.0. The van der Waals surface area contributed by atoms with E-state index in [1.807, 2.05) is 18.2 Å². The monoisotopic (exact) mass is 298 g/mol. The Hall–Kier alpha value is -1.81. The van der Waals surface area contributed by atoms with Crippen molar-refractivity contribution in [3.05, 3.63) is 40.3 Å². The number of H-pyrrole nitrogens is 1. The molecule has 0 aliphatic heterocycles. The van der Waals surface area contributed by atoms with Crippen molar-refractivity contribution < 1.29 is 4.74 Å². The third-order valence-corrected chi connectivity index (χ3v) is 4.93. The summed E-state index contributed by atoms with van der Waals surface area (Å²) in [5.74, 6) is 1.53. The van der Waals surface area contributed by atoms with E-state index in [9.17, 15) is 4.79 Å². The van der Waals surface area contributed by atoms with Crippen LogP contribution in [0.15, 0.2) is 29.2 Å². The molecular formula is C18H22N2O2. The van der Waals surface area contributed by atoms with Crippen LogP contribution in [0.2, 0.25) is 0 Å². The highest BCUT2D eigenvalue weighted by Crippen LogP contribution is 2.45. The van der Waals surface area contributed by atoms with Crippen molar-refractivity contribution in [2.45, 2.75) is 56.6 Å². The van der Waals surface area contributed by atoms with Gasteiger partial charge in [-0.2, -0.15) is 0 Å². The standard InChI is InChI=1S/C18H22N2O2/c19-13-3-5-14(6-4-13)22-17-9-12-7-8-20-18(21)16(12)10-15(17)11-1-2-11/h7-11,13-14H,1-6,19H2,(H,20,21)/t13-,14+. The van der Waals surface area contributed by atoms with E-state index in [-0.39, 0.29) is 11.7 Å². The topological polar surface area (TPSA) is 68.1 Å². The number of hydrogen-bond acceptors (Lipinski definition) is 3. The van der Waals surface area contributed by atoms with Gasteiger partial charge in [-0.3, -0.25) is 4.79 Å². The quantitative estimate of drug-likeness (QED) is 0.915. The lowest BCUT2D eigenvalue weighted by atomic mass is 9.93. The number of hydrogen-bond donors (Lipinski definition) is 2. The highest BCUT2D eigenvalue weighted by atomic mass is 16.5. The fourth-order valence-electron chi connectivity index (χ4n) is 3.43. The van der Waals surface area contributed by atoms with Crippen molar-refractivity contribution in [1.29, 1.82) is 0 Å². The number of nitrogens with one attached hydrogen (secondary N) is 1. The molecule has 0 unspecified atom stereocenters. The summed E-state index contributed by atoms with van der Waals surface area (Å²) in [5.41, 5.74) is 7.16. The maximum absolute atomic E-state index is 12.0. The number of aromatic amines is 1. The van der Waals surface area contributed by atoms with Crippen LogP contribution in [0, 0.1) is 0 Å². The predicted octanol–water partition coefficient (Wildman–Crippen LogP) is 3.05. The molecule has 1 aromatic carbocycles. The van der Waals surface area contributed by atoms with Crippen molar-refractivity contribution in [3.63, 3.8) is 0 Å². The van der Waals surface area contributed by atoms with E-state index in [2.05, 4.69) is 4.98 Å². The zero-order valence-electron chi connectivity index (χ0n) is 12.7. The van der Waals surface area contributed by atoms with Gasteiger partial charge in [-0.05, 0) is 73.6 Å². The maximum Gasteiger partial charge on any atom is 0.255 e. The average Bonchev–Trinajstić information content (AvgIpc) is 3.34. The lowest BCUT2D eigenvalue weighted by Crippen LogP contribution is -2.31. The molecule has 0 spiro atoms. The molecule has 0 amide bonds. The van der Waals surface area contributed by atoms with Crippen molar-refractivity contribution in [3.8, 4) is 5.75 Å². The number of pyridine rings is 1. The first kappa shape index (κ1) is 13.8. The van der Waals surface area contributed by atoms with Crippen molar-refractivity contribution in [1.82, 2.24) is 4.98 Å². The molecule has 2 aromatic rings. The number of nitrogens with two attached hydrogens (primary N) is 1. The summed E-state index contributed by atoms with van der Waals surface area (Å²) in [7, 11) is 0. The fraction of sp³-hybridized carbons (Fsp3) is 0.500. The number of fused-ring (bicyclic) bond motifs is 1. The van der Waals surface area contributed by atoms with Crippen LogP contribution in [-0.2, 0) is 0 Å². The zero-order chi connectivity index (χ0) is 15.1. The number of ether oxygens (including phenoxy) is 1. The molecule has 1 heterocycles. The third-order valence-electron chi connectivity index (χ3n) is 4.93. The summed E-state index contributed by atoms with van der Waals surface area (Å²) in [6, 6.07) is 6.36. The lowest BCUT2D eigenvalue weighted by Gasteiger charge is -2.27. The van der Waals surface area contributed by atoms with E-state index in [1.165, 1.54) is 18.4 Å². The molecule has 1 aromatic heterocycles. The molecule has 2 aliphatic carbocycles. The first-order valence-electron chi connectivity index (χ1n) is 8.28. The summed E-state index contributed by atoms with van der Waals surface area (Å²) in [6.07, 6.45) is 8.48. The summed E-state index contributed by atoms with van der Waals surface area (Å²) >= 11 is 0. The summed E-state index contributed by atoms with van der Waals surface area (Å²) in [4.78, 5) is 14.8. The van der Waals surface area contributed by atoms with Crippen LogP contribution < -0.4 is 16.0 Å². The SMILES string of the molecule is N[C@H]1CC[C@@H](Oc2cc3cc[nH]c(=O)c3cc2C2CC2)CC1. The van der Waals surface area contributed by atoms with Crippen LogP contribution in [0.5, 0.6) is 5.75 Å². The zero-order valence-corrected chi connectivity index (χ0v) is 12.7. The summed E-state index contributed by atoms with van der Waals surface area (Å²) < 4.78 is 6.32. The molecule has 2 saturated carbocycles. The molecule has 3 N–H and O–H groups in total. The Morgan fingerprint density at radius 2 is 1.86 bits per heavy atom. The number of aromatic nitrogens is 1. The van der Waals surface area contributed by atoms with Gasteiger partial charge < -0.3 is 15.5 Å². The Balaban J connectivity index is 1.69. The second-order valence-corrected chi connectivity index (χ2v) is 6.71. The second kappa shape index (κ2) is 5.43. The Bertz CT molecular complexity index is 740. The highest BCUT2D eigenvalue weighted by Gasteiger charge is 2.29. The summed E-state index contributed by atoms with van der Waals surface area (Å²) in [5, 5.41) is 1.72. The minimum absolute atomic E-state index is 0.0189. The van der Waals surface area contributed by atoms with Crippen LogP contribution in [0.4, 0.5) is 0 Å². The van der Waals surface area contributed by atoms with E-state index in [4.69, 9.17) is 10.5 Å². The van der Waals surface area contributed by atoms with Gasteiger partial charge in [0.15, 0.2) is 0 Å². The van der Waals surface area contributed by atoms with Gasteiger partial charge in [0, 0.05) is 17.6 Å². The highest BCUT2D eigenvalue weighted by molar-refractivity contribution is 5.84. The largest absolute Gasteiger partial charge is 0.490 e. The predicted molar refractivity (Wildman–Crippen MR) is 87.4 cm³/mol. The van der Waals surface area contributed by atoms with Crippen molar-refractivity contribution >= 4 is 10.8 Å². The molecule has 0 saturated heterocycles. The third kappa shape index (κ3) is 2.63. The van der Waals surface area contributed by atoms with Gasteiger partial charge in [0.25, 0.3) is 5.56 Å². The fourth-order valence-corrected chi connectivity index (χ4v) is 3.43. The molecule has 2 aliphatic rings. The normalized spacial score (nSPS) is 25.3. The van der Waals surface area contributed by atoms with Crippen molar-refractivity contribution in [2.24, 2.45) is 5.73 Å². The molecule has 116 valence electrons. The molecule has 4 nitrogen and oxygen atoms in total. The van der Waals surface area contributed by atoms with Gasteiger partial charge in [-0.25, -0.2) is 0 Å². The summed E-state index contributed by atoms with van der Waals surface area (Å²) in [6.45, 7) is 0. The minimum atomic E-state index is -0.0189. The molecule has 22 heavy (non-hydrogen) atoms. The Labute approximate surface area is 129 Å². The number of benzene rings is 1. The lowest BCUT2D eigenvalue weighted by molar-refractivity contribution is 0.146. The van der Waals surface area contributed by atoms with Gasteiger partial charge in [-0.1, -0.05) is 0 Å². The van der Waals surface area contributed by atoms with Gasteiger partial charge in [0.1, 0.15) is 5.75 Å². The van der Waals surface area contributed by atoms with Gasteiger partial charge in [-0.15, -0.1) is 0 Å². The first-order chi connectivity index (χ1) is 10.7. The van der Waals surface area contributed by atoms with E-state index >= 15 is 0 Å². The first-order valence-corrected chi connectivity index (χ1v) is 8.28. The molecular weight excluding hydrogens is 276 g/mol. The van der Waals surface area contributed by atoms with Crippen LogP contribution in [0.1, 0.15) is 50.0 Å². The van der Waals surface area contributed by atoms with E-state index in [0.717, 1.165) is 42.2 Å². The van der Waals surface area contributed by atoms with E-state index in [1.54, 1.807) is 6.20 Å². The van der Waals surface area contributed by atoms with E-state index < -0.39 is 0 Å². The smallest absolute Gasteiger partial charge is 0.255 e. The van der Waals surface area contributed by atoms with E-state index in [0.29, 0.717) is 12.0 Å². The molecule has 0 bridgehead atoms. The Morgan fingerprint density at radius 1 is 1.09 bits per heavy atom. The van der Waals surface area contributed by atoms with Gasteiger partial charge in [0.05, 0.1) is 6.10 Å². The van der Waals surface area contributed by atoms with Gasteiger partial charge >= 0.3 is 0 Å². The van der Waals surface area contributed by atoms with Crippen LogP contribution in [-0.4, -0.2) is 17.1 Å². The molecule has 4 heteroatoms. The second-order valence-electron chi connectivity index (χ2n) is 6.71. The Morgan fingerprint density at radius 3 is 2.59 bits per heavy atom. The molecule has 4 rings (SSSR count). The van der Waals surface area contributed by atoms with Crippen LogP contribution >= 0.6 is 0 Å². The minimum Gasteiger partial charge on any atom is -0.490 e. The van der Waals surface area contributed by atoms with Crippen LogP contribution in [0.25, 0.3) is 10.8 Å². The average molecular weight is 298 g/mol.